The number of ether oxygens (including phenoxy) is 1. The van der Waals surface area contributed by atoms with Crippen molar-refractivity contribution in [1.29, 1.82) is 0 Å². The van der Waals surface area contributed by atoms with E-state index < -0.39 is 0 Å². The average molecular weight is 185 g/mol. The summed E-state index contributed by atoms with van der Waals surface area (Å²) in [5, 5.41) is 3.21. The number of nitrogens with one attached hydrogen (secondary N) is 1. The third-order valence-electron chi connectivity index (χ3n) is 2.40. The molecule has 0 aromatic heterocycles. The first-order valence-electron chi connectivity index (χ1n) is 5.16. The molecule has 0 bridgehead atoms. The maximum absolute atomic E-state index is 11.4. The van der Waals surface area contributed by atoms with Gasteiger partial charge in [-0.05, 0) is 26.2 Å². The van der Waals surface area contributed by atoms with Crippen molar-refractivity contribution in [3.8, 4) is 0 Å². The Hall–Kier alpha value is -0.570. The van der Waals surface area contributed by atoms with E-state index in [4.69, 9.17) is 4.74 Å². The van der Waals surface area contributed by atoms with Crippen LogP contribution in [0, 0.1) is 0 Å². The molecule has 1 rings (SSSR count). The summed E-state index contributed by atoms with van der Waals surface area (Å²) in [6, 6.07) is 0.413. The maximum atomic E-state index is 11.4. The lowest BCUT2D eigenvalue weighted by Gasteiger charge is -2.10. The predicted molar refractivity (Wildman–Crippen MR) is 51.5 cm³/mol. The minimum Gasteiger partial charge on any atom is -0.465 e. The maximum Gasteiger partial charge on any atom is 0.323 e. The van der Waals surface area contributed by atoms with Crippen molar-refractivity contribution in [1.82, 2.24) is 5.32 Å². The molecule has 76 valence electrons. The zero-order valence-corrected chi connectivity index (χ0v) is 8.51. The van der Waals surface area contributed by atoms with Crippen LogP contribution in [0.4, 0.5) is 0 Å². The molecule has 0 radical (unpaired) electrons. The molecule has 1 heterocycles. The second-order valence-electron chi connectivity index (χ2n) is 3.72. The fourth-order valence-electron chi connectivity index (χ4n) is 1.53. The normalized spacial score (nSPS) is 27.5. The molecule has 2 atom stereocenters. The Morgan fingerprint density at radius 1 is 1.54 bits per heavy atom. The van der Waals surface area contributed by atoms with E-state index in [1.807, 2.05) is 0 Å². The summed E-state index contributed by atoms with van der Waals surface area (Å²) in [7, 11) is 0. The zero-order chi connectivity index (χ0) is 9.68. The Balaban J connectivity index is 2.16. The summed E-state index contributed by atoms with van der Waals surface area (Å²) in [6.45, 7) is 4.75. The lowest BCUT2D eigenvalue weighted by Crippen LogP contribution is -2.35. The standard InChI is InChI=1S/C10H19NO2/c1-3-4-7-13-10(12)9-6-5-8(2)11-9/h8-9,11H,3-7H2,1-2H3/t8-,9-/m0/s1. The first-order chi connectivity index (χ1) is 6.24. The molecule has 0 amide bonds. The van der Waals surface area contributed by atoms with Crippen molar-refractivity contribution in [3.05, 3.63) is 0 Å². The topological polar surface area (TPSA) is 38.3 Å². The second-order valence-corrected chi connectivity index (χ2v) is 3.72. The molecule has 1 aliphatic heterocycles. The highest BCUT2D eigenvalue weighted by atomic mass is 16.5. The van der Waals surface area contributed by atoms with Gasteiger partial charge in [-0.15, -0.1) is 0 Å². The minimum atomic E-state index is -0.0715. The van der Waals surface area contributed by atoms with Crippen molar-refractivity contribution < 1.29 is 9.53 Å². The fraction of sp³-hybridized carbons (Fsp3) is 0.900. The highest BCUT2D eigenvalue weighted by molar-refractivity contribution is 5.76. The van der Waals surface area contributed by atoms with Crippen LogP contribution in [0.15, 0.2) is 0 Å². The number of carbonyl (C=O) groups is 1. The summed E-state index contributed by atoms with van der Waals surface area (Å²) in [4.78, 5) is 11.4. The fourth-order valence-corrected chi connectivity index (χ4v) is 1.53. The van der Waals surface area contributed by atoms with Gasteiger partial charge in [-0.1, -0.05) is 13.3 Å². The molecule has 0 aliphatic carbocycles. The van der Waals surface area contributed by atoms with Crippen molar-refractivity contribution in [2.24, 2.45) is 0 Å². The van der Waals surface area contributed by atoms with Gasteiger partial charge in [0.15, 0.2) is 0 Å². The molecule has 3 heteroatoms. The van der Waals surface area contributed by atoms with Crippen LogP contribution in [-0.4, -0.2) is 24.7 Å². The molecule has 0 spiro atoms. The number of carbonyl (C=O) groups excluding carboxylic acids is 1. The van der Waals surface area contributed by atoms with Crippen molar-refractivity contribution in [2.75, 3.05) is 6.61 Å². The van der Waals surface area contributed by atoms with Gasteiger partial charge in [0.1, 0.15) is 6.04 Å². The Labute approximate surface area is 79.8 Å². The first-order valence-corrected chi connectivity index (χ1v) is 5.16. The number of hydrogen-bond acceptors (Lipinski definition) is 3. The molecule has 0 aromatic carbocycles. The summed E-state index contributed by atoms with van der Waals surface area (Å²) in [6.07, 6.45) is 4.04. The van der Waals surface area contributed by atoms with Gasteiger partial charge in [0.2, 0.25) is 0 Å². The molecular weight excluding hydrogens is 166 g/mol. The highest BCUT2D eigenvalue weighted by Gasteiger charge is 2.27. The third-order valence-corrected chi connectivity index (χ3v) is 2.40. The lowest BCUT2D eigenvalue weighted by atomic mass is 10.2. The Bertz CT molecular complexity index is 170. The average Bonchev–Trinajstić information content (AvgIpc) is 2.52. The Morgan fingerprint density at radius 3 is 2.85 bits per heavy atom. The number of esters is 1. The summed E-state index contributed by atoms with van der Waals surface area (Å²) >= 11 is 0. The number of unbranched alkanes of at least 4 members (excludes halogenated alkanes) is 1. The second kappa shape index (κ2) is 5.22. The molecule has 0 unspecified atom stereocenters. The highest BCUT2D eigenvalue weighted by Crippen LogP contribution is 2.12. The molecule has 1 saturated heterocycles. The smallest absolute Gasteiger partial charge is 0.323 e. The molecule has 1 aliphatic rings. The summed E-state index contributed by atoms with van der Waals surface area (Å²) < 4.78 is 5.11. The van der Waals surface area contributed by atoms with Crippen LogP contribution < -0.4 is 5.32 Å². The van der Waals surface area contributed by atoms with Crippen LogP contribution in [0.3, 0.4) is 0 Å². The van der Waals surface area contributed by atoms with Gasteiger partial charge in [-0.3, -0.25) is 4.79 Å². The Morgan fingerprint density at radius 2 is 2.31 bits per heavy atom. The van der Waals surface area contributed by atoms with E-state index in [2.05, 4.69) is 19.2 Å². The summed E-state index contributed by atoms with van der Waals surface area (Å²) in [5.41, 5.74) is 0. The van der Waals surface area contributed by atoms with Crippen LogP contribution in [0.1, 0.15) is 39.5 Å². The van der Waals surface area contributed by atoms with E-state index in [1.54, 1.807) is 0 Å². The van der Waals surface area contributed by atoms with Gasteiger partial charge in [0.25, 0.3) is 0 Å². The van der Waals surface area contributed by atoms with Gasteiger partial charge in [-0.2, -0.15) is 0 Å². The summed E-state index contributed by atoms with van der Waals surface area (Å²) in [5.74, 6) is -0.0715. The van der Waals surface area contributed by atoms with Gasteiger partial charge in [-0.25, -0.2) is 0 Å². The molecule has 0 saturated carbocycles. The van der Waals surface area contributed by atoms with Crippen molar-refractivity contribution >= 4 is 5.97 Å². The van der Waals surface area contributed by atoms with Gasteiger partial charge >= 0.3 is 5.97 Å². The molecule has 3 nitrogen and oxygen atoms in total. The molecule has 0 aromatic rings. The molecule has 13 heavy (non-hydrogen) atoms. The quantitative estimate of drug-likeness (QED) is 0.532. The molecular formula is C10H19NO2. The number of rotatable bonds is 4. The van der Waals surface area contributed by atoms with Crippen molar-refractivity contribution in [3.63, 3.8) is 0 Å². The van der Waals surface area contributed by atoms with Gasteiger partial charge < -0.3 is 10.1 Å². The van der Waals surface area contributed by atoms with Crippen molar-refractivity contribution in [2.45, 2.75) is 51.6 Å². The molecule has 1 N–H and O–H groups in total. The van der Waals surface area contributed by atoms with Gasteiger partial charge in [0.05, 0.1) is 6.61 Å². The molecule has 1 fully saturated rings. The van der Waals surface area contributed by atoms with E-state index in [9.17, 15) is 4.79 Å². The predicted octanol–water partition coefficient (Wildman–Crippen LogP) is 1.47. The zero-order valence-electron chi connectivity index (χ0n) is 8.51. The lowest BCUT2D eigenvalue weighted by molar-refractivity contribution is -0.145. The van der Waals surface area contributed by atoms with Crippen LogP contribution in [0.2, 0.25) is 0 Å². The van der Waals surface area contributed by atoms with E-state index in [0.29, 0.717) is 12.6 Å². The van der Waals surface area contributed by atoms with E-state index in [1.165, 1.54) is 0 Å². The number of hydrogen-bond donors (Lipinski definition) is 1. The van der Waals surface area contributed by atoms with E-state index >= 15 is 0 Å². The van der Waals surface area contributed by atoms with Crippen LogP contribution in [0.25, 0.3) is 0 Å². The largest absolute Gasteiger partial charge is 0.465 e. The van der Waals surface area contributed by atoms with Crippen LogP contribution in [0.5, 0.6) is 0 Å². The van der Waals surface area contributed by atoms with Crippen LogP contribution in [-0.2, 0) is 9.53 Å². The van der Waals surface area contributed by atoms with Gasteiger partial charge in [0, 0.05) is 6.04 Å². The monoisotopic (exact) mass is 185 g/mol. The third kappa shape index (κ3) is 3.35. The minimum absolute atomic E-state index is 0.0492. The first kappa shape index (κ1) is 10.5. The Kier molecular flexibility index (Phi) is 4.22. The van der Waals surface area contributed by atoms with E-state index in [-0.39, 0.29) is 12.0 Å². The van der Waals surface area contributed by atoms with Crippen LogP contribution >= 0.6 is 0 Å². The van der Waals surface area contributed by atoms with E-state index in [0.717, 1.165) is 25.7 Å². The SMILES string of the molecule is CCCCOC(=O)[C@@H]1CC[C@H](C)N1.